The molecule has 1 unspecified atom stereocenters. The molecule has 0 bridgehead atoms. The number of benzene rings is 1. The SMILES string of the molecule is Cc1cccc(CS(=O)Cc2ccnc(CN)c2)c1. The third kappa shape index (κ3) is 4.26. The van der Waals surface area contributed by atoms with Crippen molar-refractivity contribution in [2.45, 2.75) is 25.0 Å². The number of aryl methyl sites for hydroxylation is 1. The van der Waals surface area contributed by atoms with Gasteiger partial charge in [0.05, 0.1) is 5.69 Å². The summed E-state index contributed by atoms with van der Waals surface area (Å²) in [6.07, 6.45) is 1.72. The highest BCUT2D eigenvalue weighted by Crippen LogP contribution is 2.11. The van der Waals surface area contributed by atoms with Gasteiger partial charge in [-0.25, -0.2) is 0 Å². The molecule has 0 fully saturated rings. The van der Waals surface area contributed by atoms with Crippen molar-refractivity contribution in [1.82, 2.24) is 4.98 Å². The number of nitrogens with two attached hydrogens (primary N) is 1. The Bertz CT molecular complexity index is 584. The minimum absolute atomic E-state index is 0.415. The predicted octanol–water partition coefficient (Wildman–Crippen LogP) is 2.30. The summed E-state index contributed by atoms with van der Waals surface area (Å²) >= 11 is 0. The number of rotatable bonds is 5. The van der Waals surface area contributed by atoms with Crippen molar-refractivity contribution in [2.75, 3.05) is 0 Å². The van der Waals surface area contributed by atoms with Crippen LogP contribution in [0.2, 0.25) is 0 Å². The Morgan fingerprint density at radius 1 is 1.16 bits per heavy atom. The number of aromatic nitrogens is 1. The summed E-state index contributed by atoms with van der Waals surface area (Å²) in [4.78, 5) is 4.14. The molecule has 4 heteroatoms. The van der Waals surface area contributed by atoms with E-state index in [1.165, 1.54) is 5.56 Å². The number of pyridine rings is 1. The highest BCUT2D eigenvalue weighted by Gasteiger charge is 2.05. The number of hydrogen-bond donors (Lipinski definition) is 1. The van der Waals surface area contributed by atoms with Gasteiger partial charge in [-0.05, 0) is 30.2 Å². The fourth-order valence-electron chi connectivity index (χ4n) is 1.95. The van der Waals surface area contributed by atoms with Crippen LogP contribution in [0.4, 0.5) is 0 Å². The molecule has 1 heterocycles. The number of nitrogens with zero attached hydrogens (tertiary/aromatic N) is 1. The van der Waals surface area contributed by atoms with Gasteiger partial charge in [0.2, 0.25) is 0 Å². The molecule has 0 saturated heterocycles. The summed E-state index contributed by atoms with van der Waals surface area (Å²) in [6, 6.07) is 12.0. The third-order valence-corrected chi connectivity index (χ3v) is 4.14. The summed E-state index contributed by atoms with van der Waals surface area (Å²) in [5.74, 6) is 1.13. The predicted molar refractivity (Wildman–Crippen MR) is 78.9 cm³/mol. The molecule has 1 atom stereocenters. The van der Waals surface area contributed by atoms with E-state index in [2.05, 4.69) is 11.1 Å². The van der Waals surface area contributed by atoms with Crippen LogP contribution >= 0.6 is 0 Å². The van der Waals surface area contributed by atoms with Crippen LogP contribution in [0.25, 0.3) is 0 Å². The Morgan fingerprint density at radius 3 is 2.58 bits per heavy atom. The zero-order chi connectivity index (χ0) is 13.7. The topological polar surface area (TPSA) is 56.0 Å². The van der Waals surface area contributed by atoms with Gasteiger partial charge in [0, 0.05) is 35.0 Å². The normalized spacial score (nSPS) is 12.3. The van der Waals surface area contributed by atoms with Crippen molar-refractivity contribution in [1.29, 1.82) is 0 Å². The van der Waals surface area contributed by atoms with E-state index in [4.69, 9.17) is 5.73 Å². The van der Waals surface area contributed by atoms with E-state index in [9.17, 15) is 4.21 Å². The Balaban J connectivity index is 2.01. The van der Waals surface area contributed by atoms with Gasteiger partial charge < -0.3 is 5.73 Å². The number of hydrogen-bond acceptors (Lipinski definition) is 3. The van der Waals surface area contributed by atoms with E-state index in [0.717, 1.165) is 16.8 Å². The molecule has 0 saturated carbocycles. The van der Waals surface area contributed by atoms with Gasteiger partial charge >= 0.3 is 0 Å². The van der Waals surface area contributed by atoms with Gasteiger partial charge in [0.25, 0.3) is 0 Å². The van der Waals surface area contributed by atoms with Crippen LogP contribution in [0.3, 0.4) is 0 Å². The summed E-state index contributed by atoms with van der Waals surface area (Å²) in [5.41, 5.74) is 9.73. The van der Waals surface area contributed by atoms with Crippen LogP contribution < -0.4 is 5.73 Å². The zero-order valence-electron chi connectivity index (χ0n) is 11.0. The molecular weight excluding hydrogens is 256 g/mol. The molecule has 2 rings (SSSR count). The third-order valence-electron chi connectivity index (χ3n) is 2.83. The van der Waals surface area contributed by atoms with E-state index in [1.807, 2.05) is 37.3 Å². The molecule has 2 N–H and O–H groups in total. The quantitative estimate of drug-likeness (QED) is 0.910. The van der Waals surface area contributed by atoms with Gasteiger partial charge in [-0.3, -0.25) is 9.19 Å². The molecule has 1 aromatic heterocycles. The molecule has 0 aliphatic carbocycles. The lowest BCUT2D eigenvalue weighted by molar-refractivity contribution is 0.682. The first-order valence-electron chi connectivity index (χ1n) is 6.22. The van der Waals surface area contributed by atoms with Crippen molar-refractivity contribution in [3.8, 4) is 0 Å². The average Bonchev–Trinajstić information content (AvgIpc) is 2.38. The minimum Gasteiger partial charge on any atom is -0.325 e. The molecule has 0 amide bonds. The van der Waals surface area contributed by atoms with Crippen LogP contribution in [-0.2, 0) is 28.9 Å². The van der Waals surface area contributed by atoms with Crippen molar-refractivity contribution in [2.24, 2.45) is 5.73 Å². The molecular formula is C15H18N2OS. The average molecular weight is 274 g/mol. The maximum Gasteiger partial charge on any atom is 0.0542 e. The molecule has 2 aromatic rings. The van der Waals surface area contributed by atoms with Gasteiger partial charge in [0.15, 0.2) is 0 Å². The second kappa shape index (κ2) is 6.59. The van der Waals surface area contributed by atoms with Crippen molar-refractivity contribution >= 4 is 10.8 Å². The van der Waals surface area contributed by atoms with Gasteiger partial charge in [-0.2, -0.15) is 0 Å². The Kier molecular flexibility index (Phi) is 4.82. The lowest BCUT2D eigenvalue weighted by atomic mass is 10.2. The summed E-state index contributed by atoms with van der Waals surface area (Å²) in [6.45, 7) is 2.46. The van der Waals surface area contributed by atoms with E-state index < -0.39 is 10.8 Å². The van der Waals surface area contributed by atoms with Crippen molar-refractivity contribution < 1.29 is 4.21 Å². The monoisotopic (exact) mass is 274 g/mol. The second-order valence-corrected chi connectivity index (χ2v) is 6.03. The largest absolute Gasteiger partial charge is 0.325 e. The van der Waals surface area contributed by atoms with Crippen molar-refractivity contribution in [3.05, 3.63) is 65.0 Å². The van der Waals surface area contributed by atoms with Gasteiger partial charge in [-0.15, -0.1) is 0 Å². The highest BCUT2D eigenvalue weighted by atomic mass is 32.2. The molecule has 0 aliphatic heterocycles. The second-order valence-electron chi connectivity index (χ2n) is 4.58. The first kappa shape index (κ1) is 13.9. The summed E-state index contributed by atoms with van der Waals surface area (Å²) in [7, 11) is -0.909. The van der Waals surface area contributed by atoms with Crippen LogP contribution in [-0.4, -0.2) is 9.19 Å². The standard InChI is InChI=1S/C15H18N2OS/c1-12-3-2-4-13(7-12)10-19(18)11-14-5-6-17-15(8-14)9-16/h2-8H,9-11,16H2,1H3. The first-order valence-corrected chi connectivity index (χ1v) is 7.70. The molecule has 1 aromatic carbocycles. The van der Waals surface area contributed by atoms with Crippen molar-refractivity contribution in [3.63, 3.8) is 0 Å². The van der Waals surface area contributed by atoms with Crippen LogP contribution in [0.1, 0.15) is 22.4 Å². The lowest BCUT2D eigenvalue weighted by Gasteiger charge is -2.05. The Morgan fingerprint density at radius 2 is 1.89 bits per heavy atom. The van der Waals surface area contributed by atoms with Gasteiger partial charge in [-0.1, -0.05) is 29.8 Å². The van der Waals surface area contributed by atoms with Crippen LogP contribution in [0, 0.1) is 6.92 Å². The first-order chi connectivity index (χ1) is 9.17. The molecule has 0 aliphatic rings. The highest BCUT2D eigenvalue weighted by molar-refractivity contribution is 7.83. The molecule has 100 valence electrons. The molecule has 0 spiro atoms. The maximum absolute atomic E-state index is 12.2. The van der Waals surface area contributed by atoms with E-state index in [0.29, 0.717) is 18.1 Å². The van der Waals surface area contributed by atoms with E-state index >= 15 is 0 Å². The maximum atomic E-state index is 12.2. The van der Waals surface area contributed by atoms with Crippen LogP contribution in [0.5, 0.6) is 0 Å². The Hall–Kier alpha value is -1.52. The lowest BCUT2D eigenvalue weighted by Crippen LogP contribution is -2.03. The van der Waals surface area contributed by atoms with Gasteiger partial charge in [0.1, 0.15) is 0 Å². The fourth-order valence-corrected chi connectivity index (χ4v) is 3.16. The molecule has 0 radical (unpaired) electrons. The molecule has 19 heavy (non-hydrogen) atoms. The summed E-state index contributed by atoms with van der Waals surface area (Å²) < 4.78 is 12.2. The molecule has 3 nitrogen and oxygen atoms in total. The fraction of sp³-hybridized carbons (Fsp3) is 0.267. The smallest absolute Gasteiger partial charge is 0.0542 e. The van der Waals surface area contributed by atoms with E-state index in [-0.39, 0.29) is 0 Å². The zero-order valence-corrected chi connectivity index (χ0v) is 11.8. The van der Waals surface area contributed by atoms with Crippen LogP contribution in [0.15, 0.2) is 42.6 Å². The Labute approximate surface area is 116 Å². The van der Waals surface area contributed by atoms with E-state index in [1.54, 1.807) is 6.20 Å². The minimum atomic E-state index is -0.909. The summed E-state index contributed by atoms with van der Waals surface area (Å²) in [5, 5.41) is 0.